The zero-order valence-electron chi connectivity index (χ0n) is 12.1. The first-order chi connectivity index (χ1) is 10.1. The topological polar surface area (TPSA) is 46.9 Å². The van der Waals surface area contributed by atoms with Gasteiger partial charge in [0.1, 0.15) is 0 Å². The largest absolute Gasteiger partial charge is 0.488 e. The third-order valence-electron chi connectivity index (χ3n) is 3.99. The van der Waals surface area contributed by atoms with Crippen molar-refractivity contribution in [2.24, 2.45) is 0 Å². The molecule has 0 radical (unpaired) electrons. The molecule has 1 aliphatic heterocycles. The Morgan fingerprint density at radius 1 is 0.952 bits per heavy atom. The molecule has 2 N–H and O–H groups in total. The summed E-state index contributed by atoms with van der Waals surface area (Å²) in [5, 5.41) is 18.3. The zero-order valence-corrected chi connectivity index (χ0v) is 12.1. The predicted molar refractivity (Wildman–Crippen MR) is 87.0 cm³/mol. The Labute approximate surface area is 125 Å². The van der Waals surface area contributed by atoms with Crippen LogP contribution in [0.25, 0.3) is 0 Å². The van der Waals surface area contributed by atoms with Gasteiger partial charge in [0.2, 0.25) is 0 Å². The molecule has 0 saturated heterocycles. The molecule has 0 unspecified atom stereocenters. The summed E-state index contributed by atoms with van der Waals surface area (Å²) in [6, 6.07) is 15.9. The average molecular weight is 282 g/mol. The summed E-state index contributed by atoms with van der Waals surface area (Å²) in [6.07, 6.45) is 0. The smallest absolute Gasteiger partial charge is 0.423 e. The van der Waals surface area contributed by atoms with Crippen LogP contribution >= 0.6 is 0 Å². The van der Waals surface area contributed by atoms with Crippen molar-refractivity contribution in [3.8, 4) is 0 Å². The van der Waals surface area contributed by atoms with E-state index in [-0.39, 0.29) is 0 Å². The van der Waals surface area contributed by atoms with Crippen LogP contribution in [-0.4, -0.2) is 37.3 Å². The van der Waals surface area contributed by atoms with Gasteiger partial charge in [0, 0.05) is 26.7 Å². The Morgan fingerprint density at radius 3 is 2.29 bits per heavy atom. The van der Waals surface area contributed by atoms with Crippen LogP contribution in [-0.2, 0) is 6.54 Å². The van der Waals surface area contributed by atoms with Gasteiger partial charge in [-0.1, -0.05) is 36.4 Å². The molecule has 0 aromatic heterocycles. The van der Waals surface area contributed by atoms with Crippen molar-refractivity contribution in [3.05, 3.63) is 54.1 Å². The summed E-state index contributed by atoms with van der Waals surface area (Å²) >= 11 is 0. The predicted octanol–water partition coefficient (Wildman–Crippen LogP) is 0.823. The third kappa shape index (κ3) is 2.89. The highest BCUT2D eigenvalue weighted by Crippen LogP contribution is 2.32. The Bertz CT molecular complexity index is 616. The third-order valence-corrected chi connectivity index (χ3v) is 3.99. The van der Waals surface area contributed by atoms with Crippen molar-refractivity contribution in [3.63, 3.8) is 0 Å². The number of rotatable bonds is 3. The van der Waals surface area contributed by atoms with Crippen LogP contribution in [0.2, 0.25) is 0 Å². The Balaban J connectivity index is 1.81. The van der Waals surface area contributed by atoms with Gasteiger partial charge in [0.25, 0.3) is 0 Å². The van der Waals surface area contributed by atoms with E-state index in [1.807, 2.05) is 12.1 Å². The molecule has 1 aliphatic rings. The molecule has 21 heavy (non-hydrogen) atoms. The minimum atomic E-state index is -1.40. The minimum absolute atomic E-state index is 0.525. The maximum Gasteiger partial charge on any atom is 0.488 e. The Hall–Kier alpha value is -1.98. The molecule has 0 bridgehead atoms. The molecule has 5 heteroatoms. The van der Waals surface area contributed by atoms with Crippen LogP contribution < -0.4 is 15.3 Å². The van der Waals surface area contributed by atoms with Crippen LogP contribution in [0.5, 0.6) is 0 Å². The molecule has 0 spiro atoms. The second-order valence-corrected chi connectivity index (χ2v) is 5.45. The van der Waals surface area contributed by atoms with E-state index in [4.69, 9.17) is 10.0 Å². The highest BCUT2D eigenvalue weighted by Gasteiger charge is 2.19. The molecule has 0 saturated carbocycles. The fraction of sp³-hybridized carbons (Fsp3) is 0.250. The standard InChI is InChI=1S/C16H19BN2O2/c1-18-10-11-19(16-5-3-2-4-15(16)18)12-13-6-8-14(9-7-13)17(20)21/h2-9,20-21H,10-12H2,1H3. The summed E-state index contributed by atoms with van der Waals surface area (Å²) < 4.78 is 0. The van der Waals surface area contributed by atoms with Gasteiger partial charge in [-0.05, 0) is 23.2 Å². The quantitative estimate of drug-likeness (QED) is 0.818. The zero-order chi connectivity index (χ0) is 14.8. The van der Waals surface area contributed by atoms with Gasteiger partial charge >= 0.3 is 7.12 Å². The molecule has 2 aromatic rings. The van der Waals surface area contributed by atoms with E-state index in [0.29, 0.717) is 5.46 Å². The van der Waals surface area contributed by atoms with Gasteiger partial charge in [-0.3, -0.25) is 0 Å². The number of anilines is 2. The van der Waals surface area contributed by atoms with Crippen LogP contribution in [0.4, 0.5) is 11.4 Å². The lowest BCUT2D eigenvalue weighted by molar-refractivity contribution is 0.426. The molecule has 4 nitrogen and oxygen atoms in total. The summed E-state index contributed by atoms with van der Waals surface area (Å²) in [6.45, 7) is 2.81. The molecular formula is C16H19BN2O2. The van der Waals surface area contributed by atoms with Crippen molar-refractivity contribution >= 4 is 24.0 Å². The molecule has 0 amide bonds. The van der Waals surface area contributed by atoms with Crippen molar-refractivity contribution in [2.45, 2.75) is 6.54 Å². The molecule has 3 rings (SSSR count). The molecule has 1 heterocycles. The van der Waals surface area contributed by atoms with E-state index in [1.54, 1.807) is 12.1 Å². The summed E-state index contributed by atoms with van der Waals surface area (Å²) in [5.41, 5.74) is 4.19. The van der Waals surface area contributed by atoms with E-state index in [9.17, 15) is 0 Å². The lowest BCUT2D eigenvalue weighted by Crippen LogP contribution is -2.38. The highest BCUT2D eigenvalue weighted by atomic mass is 16.4. The molecular weight excluding hydrogens is 263 g/mol. The average Bonchev–Trinajstić information content (AvgIpc) is 2.51. The fourth-order valence-corrected chi connectivity index (χ4v) is 2.75. The van der Waals surface area contributed by atoms with E-state index < -0.39 is 7.12 Å². The molecule has 2 aromatic carbocycles. The van der Waals surface area contributed by atoms with Gasteiger partial charge in [0.05, 0.1) is 11.4 Å². The first-order valence-electron chi connectivity index (χ1n) is 7.15. The summed E-state index contributed by atoms with van der Waals surface area (Å²) in [5.74, 6) is 0. The van der Waals surface area contributed by atoms with Gasteiger partial charge in [-0.2, -0.15) is 0 Å². The van der Waals surface area contributed by atoms with E-state index in [1.165, 1.54) is 16.9 Å². The van der Waals surface area contributed by atoms with Gasteiger partial charge in [0.15, 0.2) is 0 Å². The summed E-state index contributed by atoms with van der Waals surface area (Å²) in [4.78, 5) is 4.64. The number of nitrogens with zero attached hydrogens (tertiary/aromatic N) is 2. The first kappa shape index (κ1) is 14.0. The van der Waals surface area contributed by atoms with Crippen LogP contribution in [0.15, 0.2) is 48.5 Å². The number of likely N-dealkylation sites (N-methyl/N-ethyl adjacent to an activating group) is 1. The number of fused-ring (bicyclic) bond motifs is 1. The highest BCUT2D eigenvalue weighted by molar-refractivity contribution is 6.58. The number of hydrogen-bond donors (Lipinski definition) is 2. The minimum Gasteiger partial charge on any atom is -0.423 e. The second kappa shape index (κ2) is 5.80. The van der Waals surface area contributed by atoms with Crippen LogP contribution in [0, 0.1) is 0 Å². The maximum absolute atomic E-state index is 9.13. The number of benzene rings is 2. The molecule has 0 fully saturated rings. The lowest BCUT2D eigenvalue weighted by atomic mass is 9.80. The number of para-hydroxylation sites is 2. The van der Waals surface area contributed by atoms with Gasteiger partial charge < -0.3 is 19.8 Å². The van der Waals surface area contributed by atoms with Gasteiger partial charge in [-0.15, -0.1) is 0 Å². The monoisotopic (exact) mass is 282 g/mol. The van der Waals surface area contributed by atoms with Crippen molar-refractivity contribution in [1.82, 2.24) is 0 Å². The van der Waals surface area contributed by atoms with Crippen LogP contribution in [0.3, 0.4) is 0 Å². The van der Waals surface area contributed by atoms with Crippen molar-refractivity contribution in [2.75, 3.05) is 29.9 Å². The number of hydrogen-bond acceptors (Lipinski definition) is 4. The SMILES string of the molecule is CN1CCN(Cc2ccc(B(O)O)cc2)c2ccccc21. The van der Waals surface area contributed by atoms with Gasteiger partial charge in [-0.25, -0.2) is 0 Å². The molecule has 108 valence electrons. The maximum atomic E-state index is 9.13. The second-order valence-electron chi connectivity index (χ2n) is 5.45. The normalized spacial score (nSPS) is 14.0. The first-order valence-corrected chi connectivity index (χ1v) is 7.15. The Kier molecular flexibility index (Phi) is 3.86. The fourth-order valence-electron chi connectivity index (χ4n) is 2.75. The summed E-state index contributed by atoms with van der Waals surface area (Å²) in [7, 11) is 0.719. The van der Waals surface area contributed by atoms with Crippen LogP contribution in [0.1, 0.15) is 5.56 Å². The van der Waals surface area contributed by atoms with Crippen molar-refractivity contribution in [1.29, 1.82) is 0 Å². The lowest BCUT2D eigenvalue weighted by Gasteiger charge is -2.37. The van der Waals surface area contributed by atoms with E-state index in [0.717, 1.165) is 19.6 Å². The van der Waals surface area contributed by atoms with Crippen molar-refractivity contribution < 1.29 is 10.0 Å². The van der Waals surface area contributed by atoms with E-state index in [2.05, 4.69) is 41.1 Å². The molecule has 0 aliphatic carbocycles. The molecule has 0 atom stereocenters. The van der Waals surface area contributed by atoms with E-state index >= 15 is 0 Å². The Morgan fingerprint density at radius 2 is 1.62 bits per heavy atom.